The third-order valence-corrected chi connectivity index (χ3v) is 9.91. The zero-order valence-electron chi connectivity index (χ0n) is 21.8. The molecule has 8 nitrogen and oxygen atoms in total. The maximum atomic E-state index is 13.0. The highest BCUT2D eigenvalue weighted by molar-refractivity contribution is 7.22. The summed E-state index contributed by atoms with van der Waals surface area (Å²) in [7, 11) is 0. The Morgan fingerprint density at radius 3 is 2.60 bits per heavy atom. The molecular weight excluding hydrogens is 547 g/mol. The number of fused-ring (bicyclic) bond motifs is 3. The molecule has 1 N–H and O–H groups in total. The van der Waals surface area contributed by atoms with Crippen molar-refractivity contribution in [3.63, 3.8) is 0 Å². The first-order chi connectivity index (χ1) is 19.2. The quantitative estimate of drug-likeness (QED) is 0.306. The molecular formula is C28H30F3N3O5S. The number of alkyl halides is 3. The number of benzene rings is 1. The van der Waals surface area contributed by atoms with E-state index in [1.165, 1.54) is 36.7 Å². The van der Waals surface area contributed by atoms with Crippen molar-refractivity contribution < 1.29 is 37.1 Å². The molecule has 2 bridgehead atoms. The fourth-order valence-electron chi connectivity index (χ4n) is 6.81. The molecule has 0 spiro atoms. The number of aromatic nitrogens is 2. The molecule has 1 aliphatic heterocycles. The lowest BCUT2D eigenvalue weighted by Gasteiger charge is -2.31. The molecule has 3 aliphatic carbocycles. The summed E-state index contributed by atoms with van der Waals surface area (Å²) in [4.78, 5) is 18.1. The lowest BCUT2D eigenvalue weighted by Crippen LogP contribution is -2.38. The number of halogens is 3. The van der Waals surface area contributed by atoms with Crippen molar-refractivity contribution in [2.45, 2.75) is 94.7 Å². The SMILES string of the molecule is O=C(O)c1cc(OC(F)(F)F)c2nc(N3C[C@@H]4C[C@H]3C[C@H]4OCc3c(C4CCCCC4)noc3C3CC3)sc2c1. The Kier molecular flexibility index (Phi) is 6.45. The van der Waals surface area contributed by atoms with Gasteiger partial charge in [-0.3, -0.25) is 0 Å². The summed E-state index contributed by atoms with van der Waals surface area (Å²) >= 11 is 1.19. The molecule has 3 aromatic rings. The number of hydrogen-bond donors (Lipinski definition) is 1. The van der Waals surface area contributed by atoms with Gasteiger partial charge in [0.2, 0.25) is 0 Å². The summed E-state index contributed by atoms with van der Waals surface area (Å²) in [5, 5.41) is 14.5. The van der Waals surface area contributed by atoms with Crippen LogP contribution in [0.4, 0.5) is 18.3 Å². The first-order valence-electron chi connectivity index (χ1n) is 14.0. The number of nitrogens with zero attached hydrogens (tertiary/aromatic N) is 3. The van der Waals surface area contributed by atoms with E-state index in [1.807, 2.05) is 0 Å². The average Bonchev–Trinajstić information content (AvgIpc) is 3.25. The van der Waals surface area contributed by atoms with Gasteiger partial charge >= 0.3 is 12.3 Å². The molecule has 214 valence electrons. The van der Waals surface area contributed by atoms with Gasteiger partial charge in [0.1, 0.15) is 11.3 Å². The Hall–Kier alpha value is -2.86. The molecule has 2 aromatic heterocycles. The first kappa shape index (κ1) is 26.1. The van der Waals surface area contributed by atoms with Gasteiger partial charge in [-0.15, -0.1) is 13.2 Å². The molecule has 12 heteroatoms. The smallest absolute Gasteiger partial charge is 0.478 e. The van der Waals surface area contributed by atoms with Gasteiger partial charge < -0.3 is 24.0 Å². The topological polar surface area (TPSA) is 97.9 Å². The van der Waals surface area contributed by atoms with Crippen LogP contribution >= 0.6 is 11.3 Å². The van der Waals surface area contributed by atoms with E-state index < -0.39 is 18.1 Å². The van der Waals surface area contributed by atoms with Gasteiger partial charge in [0.15, 0.2) is 10.9 Å². The first-order valence-corrected chi connectivity index (χ1v) is 14.9. The molecule has 3 saturated carbocycles. The minimum Gasteiger partial charge on any atom is -0.478 e. The lowest BCUT2D eigenvalue weighted by molar-refractivity contribution is -0.274. The van der Waals surface area contributed by atoms with E-state index in [9.17, 15) is 23.1 Å². The Bertz CT molecular complexity index is 1430. The highest BCUT2D eigenvalue weighted by Crippen LogP contribution is 2.48. The van der Waals surface area contributed by atoms with Crippen LogP contribution in [0.15, 0.2) is 16.7 Å². The summed E-state index contributed by atoms with van der Waals surface area (Å²) in [6.07, 6.45) is 5.17. The molecule has 4 fully saturated rings. The molecule has 1 aromatic carbocycles. The molecule has 4 aliphatic rings. The number of aromatic carboxylic acids is 1. The second kappa shape index (κ2) is 9.90. The minimum absolute atomic E-state index is 0.0215. The maximum absolute atomic E-state index is 13.0. The number of carboxylic acid groups (broad SMARTS) is 1. The van der Waals surface area contributed by atoms with E-state index in [4.69, 9.17) is 9.26 Å². The highest BCUT2D eigenvalue weighted by atomic mass is 32.1. The van der Waals surface area contributed by atoms with Crippen LogP contribution < -0.4 is 9.64 Å². The fourth-order valence-corrected chi connectivity index (χ4v) is 7.92. The second-order valence-electron chi connectivity index (χ2n) is 11.6. The van der Waals surface area contributed by atoms with Gasteiger partial charge in [0.05, 0.1) is 28.7 Å². The zero-order chi connectivity index (χ0) is 27.6. The second-order valence-corrected chi connectivity index (χ2v) is 12.6. The molecule has 3 heterocycles. The van der Waals surface area contributed by atoms with Gasteiger partial charge in [-0.25, -0.2) is 9.78 Å². The third-order valence-electron chi connectivity index (χ3n) is 8.87. The molecule has 7 rings (SSSR count). The van der Waals surface area contributed by atoms with Gasteiger partial charge in [-0.2, -0.15) is 0 Å². The Morgan fingerprint density at radius 1 is 1.12 bits per heavy atom. The average molecular weight is 578 g/mol. The van der Waals surface area contributed by atoms with Crippen LogP contribution in [0, 0.1) is 5.92 Å². The van der Waals surface area contributed by atoms with Crippen LogP contribution in [0.5, 0.6) is 5.75 Å². The van der Waals surface area contributed by atoms with Crippen molar-refractivity contribution in [2.24, 2.45) is 5.92 Å². The van der Waals surface area contributed by atoms with E-state index in [-0.39, 0.29) is 29.1 Å². The number of ether oxygens (including phenoxy) is 2. The Balaban J connectivity index is 1.07. The number of thiazole rings is 1. The van der Waals surface area contributed by atoms with Gasteiger partial charge in [0, 0.05) is 35.9 Å². The molecule has 40 heavy (non-hydrogen) atoms. The molecule has 3 atom stereocenters. The number of carbonyl (C=O) groups is 1. The lowest BCUT2D eigenvalue weighted by atomic mass is 9.85. The number of rotatable bonds is 8. The van der Waals surface area contributed by atoms with Crippen LogP contribution in [-0.2, 0) is 11.3 Å². The van der Waals surface area contributed by atoms with Crippen LogP contribution in [-0.4, -0.2) is 46.3 Å². The standard InChI is InChI=1S/C28H30F3N3O5S/c29-28(30,31)38-21-9-16(26(35)36)10-22-24(21)32-27(40-22)34-12-17-8-18(34)11-20(17)37-13-19-23(14-4-2-1-3-5-14)33-39-25(19)15-6-7-15/h9-10,14-15,17-18,20H,1-8,11-13H2,(H,35,36)/t17-,18-,20+/m0/s1. The van der Waals surface area contributed by atoms with Crippen molar-refractivity contribution in [1.29, 1.82) is 0 Å². The van der Waals surface area contributed by atoms with Crippen molar-refractivity contribution in [3.05, 3.63) is 34.7 Å². The van der Waals surface area contributed by atoms with Crippen molar-refractivity contribution in [3.8, 4) is 5.75 Å². The van der Waals surface area contributed by atoms with Gasteiger partial charge in [0.25, 0.3) is 0 Å². The summed E-state index contributed by atoms with van der Waals surface area (Å²) in [5.74, 6) is 0.284. The number of anilines is 1. The van der Waals surface area contributed by atoms with Crippen LogP contribution in [0.1, 0.15) is 97.0 Å². The Labute approximate surface area is 232 Å². The van der Waals surface area contributed by atoms with E-state index in [1.54, 1.807) is 0 Å². The van der Waals surface area contributed by atoms with Crippen molar-refractivity contribution in [1.82, 2.24) is 10.1 Å². The van der Waals surface area contributed by atoms with E-state index in [2.05, 4.69) is 19.8 Å². The third kappa shape index (κ3) is 4.93. The summed E-state index contributed by atoms with van der Waals surface area (Å²) in [5.41, 5.74) is 2.00. The minimum atomic E-state index is -4.95. The highest BCUT2D eigenvalue weighted by Gasteiger charge is 2.47. The van der Waals surface area contributed by atoms with Crippen molar-refractivity contribution >= 4 is 32.7 Å². The molecule has 0 amide bonds. The van der Waals surface area contributed by atoms with Crippen molar-refractivity contribution in [2.75, 3.05) is 11.4 Å². The largest absolute Gasteiger partial charge is 0.573 e. The van der Waals surface area contributed by atoms with Crippen LogP contribution in [0.25, 0.3) is 10.2 Å². The summed E-state index contributed by atoms with van der Waals surface area (Å²) in [6, 6.07) is 2.39. The van der Waals surface area contributed by atoms with E-state index in [0.717, 1.165) is 61.6 Å². The monoisotopic (exact) mass is 577 g/mol. The van der Waals surface area contributed by atoms with E-state index >= 15 is 0 Å². The zero-order valence-corrected chi connectivity index (χ0v) is 22.6. The Morgan fingerprint density at radius 2 is 1.93 bits per heavy atom. The normalized spacial score (nSPS) is 25.3. The van der Waals surface area contributed by atoms with Crippen LogP contribution in [0.3, 0.4) is 0 Å². The summed E-state index contributed by atoms with van der Waals surface area (Å²) < 4.78 is 56.0. The maximum Gasteiger partial charge on any atom is 0.573 e. The summed E-state index contributed by atoms with van der Waals surface area (Å²) in [6.45, 7) is 1.19. The van der Waals surface area contributed by atoms with Gasteiger partial charge in [-0.1, -0.05) is 35.8 Å². The number of hydrogen-bond acceptors (Lipinski definition) is 8. The molecule has 0 radical (unpaired) electrons. The molecule has 1 saturated heterocycles. The number of piperidine rings is 1. The fraction of sp³-hybridized carbons (Fsp3) is 0.607. The van der Waals surface area contributed by atoms with Crippen LogP contribution in [0.2, 0.25) is 0 Å². The predicted octanol–water partition coefficient (Wildman–Crippen LogP) is 6.99. The van der Waals surface area contributed by atoms with E-state index in [0.29, 0.717) is 34.8 Å². The van der Waals surface area contributed by atoms with Gasteiger partial charge in [-0.05, 0) is 50.7 Å². The number of carboxylic acids is 1. The predicted molar refractivity (Wildman–Crippen MR) is 140 cm³/mol. The molecule has 0 unspecified atom stereocenters.